The molecule has 0 atom stereocenters. The monoisotopic (exact) mass is 176 g/mol. The molecule has 0 saturated heterocycles. The van der Waals surface area contributed by atoms with Crippen LogP contribution in [0.25, 0.3) is 10.4 Å². The lowest BCUT2D eigenvalue weighted by Gasteiger charge is -1.98. The number of hydrogen-bond acceptors (Lipinski definition) is 2. The Kier molecular flexibility index (Phi) is 2.85. The number of rotatable bonds is 2. The van der Waals surface area contributed by atoms with Crippen molar-refractivity contribution >= 4 is 0 Å². The lowest BCUT2D eigenvalue weighted by atomic mass is 10.1. The fourth-order valence-electron chi connectivity index (χ4n) is 0.898. The first-order valence-corrected chi connectivity index (χ1v) is 3.47. The van der Waals surface area contributed by atoms with Crippen LogP contribution in [0, 0.1) is 17.1 Å². The Labute approximate surface area is 73.9 Å². The molecule has 0 aliphatic carbocycles. The molecule has 1 aromatic carbocycles. The number of nitriles is 1. The third-order valence-electron chi connectivity index (χ3n) is 1.50. The van der Waals surface area contributed by atoms with Gasteiger partial charge in [0.15, 0.2) is 0 Å². The average Bonchev–Trinajstić information content (AvgIpc) is 2.16. The van der Waals surface area contributed by atoms with E-state index in [1.807, 2.05) is 6.07 Å². The zero-order chi connectivity index (χ0) is 9.68. The van der Waals surface area contributed by atoms with E-state index in [1.165, 1.54) is 12.1 Å². The molecule has 4 nitrogen and oxygen atoms in total. The second-order valence-corrected chi connectivity index (χ2v) is 2.30. The summed E-state index contributed by atoms with van der Waals surface area (Å²) in [5, 5.41) is 11.9. The highest BCUT2D eigenvalue weighted by Crippen LogP contribution is 2.11. The first-order valence-electron chi connectivity index (χ1n) is 3.47. The zero-order valence-corrected chi connectivity index (χ0v) is 6.61. The molecule has 1 aromatic rings. The van der Waals surface area contributed by atoms with Gasteiger partial charge in [-0.25, -0.2) is 4.39 Å². The van der Waals surface area contributed by atoms with Crippen molar-refractivity contribution in [1.82, 2.24) is 0 Å². The van der Waals surface area contributed by atoms with E-state index < -0.39 is 5.82 Å². The normalized spacial score (nSPS) is 8.62. The Bertz CT molecular complexity index is 401. The van der Waals surface area contributed by atoms with E-state index in [1.54, 1.807) is 0 Å². The Morgan fingerprint density at radius 1 is 1.62 bits per heavy atom. The molecule has 0 heterocycles. The number of halogens is 1. The fraction of sp³-hybridized carbons (Fsp3) is 0.125. The van der Waals surface area contributed by atoms with Gasteiger partial charge >= 0.3 is 0 Å². The molecule has 64 valence electrons. The third kappa shape index (κ3) is 2.19. The number of hydrogen-bond donors (Lipinski definition) is 0. The zero-order valence-electron chi connectivity index (χ0n) is 6.61. The van der Waals surface area contributed by atoms with Crippen LogP contribution in [0.1, 0.15) is 11.1 Å². The van der Waals surface area contributed by atoms with Gasteiger partial charge in [-0.3, -0.25) is 0 Å². The van der Waals surface area contributed by atoms with Gasteiger partial charge in [-0.2, -0.15) is 5.26 Å². The van der Waals surface area contributed by atoms with Crippen LogP contribution in [-0.4, -0.2) is 0 Å². The maximum atomic E-state index is 12.6. The second kappa shape index (κ2) is 4.10. The van der Waals surface area contributed by atoms with Gasteiger partial charge in [-0.15, -0.1) is 0 Å². The van der Waals surface area contributed by atoms with Gasteiger partial charge in [-0.05, 0) is 23.2 Å². The summed E-state index contributed by atoms with van der Waals surface area (Å²) in [6.07, 6.45) is 0. The smallest absolute Gasteiger partial charge is 0.124 e. The molecule has 0 unspecified atom stereocenters. The maximum absolute atomic E-state index is 12.6. The summed E-state index contributed by atoms with van der Waals surface area (Å²) in [7, 11) is 0. The summed E-state index contributed by atoms with van der Waals surface area (Å²) in [6.45, 7) is 0.0691. The summed E-state index contributed by atoms with van der Waals surface area (Å²) < 4.78 is 12.6. The largest absolute Gasteiger partial charge is 0.207 e. The van der Waals surface area contributed by atoms with Gasteiger partial charge < -0.3 is 0 Å². The molecule has 0 saturated carbocycles. The van der Waals surface area contributed by atoms with Gasteiger partial charge in [-0.1, -0.05) is 11.2 Å². The first kappa shape index (κ1) is 9.04. The Morgan fingerprint density at radius 2 is 2.38 bits per heavy atom. The number of benzene rings is 1. The molecular weight excluding hydrogens is 171 g/mol. The maximum Gasteiger partial charge on any atom is 0.124 e. The summed E-state index contributed by atoms with van der Waals surface area (Å²) in [5.74, 6) is -0.471. The quantitative estimate of drug-likeness (QED) is 0.387. The van der Waals surface area contributed by atoms with E-state index in [-0.39, 0.29) is 12.1 Å². The summed E-state index contributed by atoms with van der Waals surface area (Å²) in [6, 6.07) is 5.59. The minimum Gasteiger partial charge on any atom is -0.207 e. The Morgan fingerprint density at radius 3 is 3.00 bits per heavy atom. The average molecular weight is 176 g/mol. The van der Waals surface area contributed by atoms with Crippen LogP contribution >= 0.6 is 0 Å². The molecule has 0 amide bonds. The van der Waals surface area contributed by atoms with Crippen molar-refractivity contribution in [3.63, 3.8) is 0 Å². The first-order chi connectivity index (χ1) is 6.27. The molecule has 0 bridgehead atoms. The topological polar surface area (TPSA) is 72.5 Å². The van der Waals surface area contributed by atoms with Crippen molar-refractivity contribution in [3.05, 3.63) is 45.6 Å². The van der Waals surface area contributed by atoms with Crippen molar-refractivity contribution in [2.24, 2.45) is 5.11 Å². The van der Waals surface area contributed by atoms with Crippen molar-refractivity contribution in [2.45, 2.75) is 6.54 Å². The lowest BCUT2D eigenvalue weighted by molar-refractivity contribution is 0.626. The summed E-state index contributed by atoms with van der Waals surface area (Å²) in [5.41, 5.74) is 8.78. The molecule has 0 aliphatic rings. The predicted molar refractivity (Wildman–Crippen MR) is 44.0 cm³/mol. The lowest BCUT2D eigenvalue weighted by Crippen LogP contribution is -1.88. The van der Waals surface area contributed by atoms with Crippen LogP contribution in [-0.2, 0) is 6.54 Å². The summed E-state index contributed by atoms with van der Waals surface area (Å²) >= 11 is 0. The Hall–Kier alpha value is -2.05. The van der Waals surface area contributed by atoms with Gasteiger partial charge in [0.2, 0.25) is 0 Å². The van der Waals surface area contributed by atoms with Crippen LogP contribution in [0.15, 0.2) is 23.3 Å². The van der Waals surface area contributed by atoms with Crippen LogP contribution in [0.3, 0.4) is 0 Å². The van der Waals surface area contributed by atoms with Crippen molar-refractivity contribution in [2.75, 3.05) is 0 Å². The van der Waals surface area contributed by atoms with E-state index in [0.717, 1.165) is 6.07 Å². The SMILES string of the molecule is N#Cc1cc(F)ccc1CN=[N+]=[N-]. The molecule has 0 aromatic heterocycles. The van der Waals surface area contributed by atoms with Gasteiger partial charge in [0, 0.05) is 4.91 Å². The second-order valence-electron chi connectivity index (χ2n) is 2.30. The van der Waals surface area contributed by atoms with E-state index in [9.17, 15) is 4.39 Å². The van der Waals surface area contributed by atoms with Crippen LogP contribution in [0.5, 0.6) is 0 Å². The minimum atomic E-state index is -0.471. The van der Waals surface area contributed by atoms with Crippen LogP contribution < -0.4 is 0 Å². The number of nitrogens with zero attached hydrogens (tertiary/aromatic N) is 4. The van der Waals surface area contributed by atoms with Crippen molar-refractivity contribution in [1.29, 1.82) is 5.26 Å². The number of azide groups is 1. The standard InChI is InChI=1S/C8H5FN4/c9-8-2-1-6(5-12-13-11)7(3-8)4-10/h1-3H,5H2. The van der Waals surface area contributed by atoms with Gasteiger partial charge in [0.1, 0.15) is 5.82 Å². The molecule has 1 rings (SSSR count). The molecule has 13 heavy (non-hydrogen) atoms. The molecule has 0 spiro atoms. The third-order valence-corrected chi connectivity index (χ3v) is 1.50. The highest BCUT2D eigenvalue weighted by atomic mass is 19.1. The van der Waals surface area contributed by atoms with Crippen molar-refractivity contribution in [3.8, 4) is 6.07 Å². The minimum absolute atomic E-state index is 0.0691. The highest BCUT2D eigenvalue weighted by Gasteiger charge is 2.01. The van der Waals surface area contributed by atoms with E-state index in [4.69, 9.17) is 10.8 Å². The molecule has 0 N–H and O–H groups in total. The molecular formula is C8H5FN4. The van der Waals surface area contributed by atoms with Crippen molar-refractivity contribution < 1.29 is 4.39 Å². The van der Waals surface area contributed by atoms with Crippen LogP contribution in [0.4, 0.5) is 4.39 Å². The van der Waals surface area contributed by atoms with Gasteiger partial charge in [0.05, 0.1) is 18.2 Å². The molecule has 0 aliphatic heterocycles. The summed E-state index contributed by atoms with van der Waals surface area (Å²) in [4.78, 5) is 2.55. The fourth-order valence-corrected chi connectivity index (χ4v) is 0.898. The molecule has 0 fully saturated rings. The molecule has 0 radical (unpaired) electrons. The van der Waals surface area contributed by atoms with E-state index in [0.29, 0.717) is 5.56 Å². The Balaban J connectivity index is 3.07. The van der Waals surface area contributed by atoms with Gasteiger partial charge in [0.25, 0.3) is 0 Å². The van der Waals surface area contributed by atoms with Crippen LogP contribution in [0.2, 0.25) is 0 Å². The highest BCUT2D eigenvalue weighted by molar-refractivity contribution is 5.37. The predicted octanol–water partition coefficient (Wildman–Crippen LogP) is 2.51. The van der Waals surface area contributed by atoms with E-state index >= 15 is 0 Å². The van der Waals surface area contributed by atoms with E-state index in [2.05, 4.69) is 10.0 Å². The molecule has 5 heteroatoms.